The zero-order valence-corrected chi connectivity index (χ0v) is 13.8. The molecule has 0 N–H and O–H groups in total. The van der Waals surface area contributed by atoms with Gasteiger partial charge in [0.1, 0.15) is 0 Å². The van der Waals surface area contributed by atoms with Crippen molar-refractivity contribution in [1.82, 2.24) is 4.90 Å². The highest BCUT2D eigenvalue weighted by Gasteiger charge is 2.28. The van der Waals surface area contributed by atoms with Gasteiger partial charge in [0.05, 0.1) is 24.9 Å². The van der Waals surface area contributed by atoms with Crippen molar-refractivity contribution in [3.05, 3.63) is 11.6 Å². The van der Waals surface area contributed by atoms with Gasteiger partial charge in [0.2, 0.25) is 0 Å². The van der Waals surface area contributed by atoms with E-state index in [9.17, 15) is 0 Å². The maximum atomic E-state index is 6.10. The lowest BCUT2D eigenvalue weighted by molar-refractivity contribution is -0.0758. The Hall–Kier alpha value is -0.380. The molecule has 0 amide bonds. The van der Waals surface area contributed by atoms with Crippen molar-refractivity contribution in [2.75, 3.05) is 26.2 Å². The minimum absolute atomic E-state index is 0.301. The highest BCUT2D eigenvalue weighted by atomic mass is 16.5. The molecule has 2 rings (SSSR count). The van der Waals surface area contributed by atoms with Crippen molar-refractivity contribution in [2.45, 2.75) is 65.8 Å². The van der Waals surface area contributed by atoms with Crippen LogP contribution in [0.3, 0.4) is 0 Å². The topological polar surface area (TPSA) is 21.7 Å². The predicted molar refractivity (Wildman–Crippen MR) is 83.0 cm³/mol. The van der Waals surface area contributed by atoms with Crippen LogP contribution in [0.25, 0.3) is 0 Å². The van der Waals surface area contributed by atoms with Crippen LogP contribution in [0.5, 0.6) is 0 Å². The van der Waals surface area contributed by atoms with Gasteiger partial charge in [-0.15, -0.1) is 0 Å². The molecule has 0 saturated carbocycles. The molecule has 3 unspecified atom stereocenters. The van der Waals surface area contributed by atoms with E-state index in [1.807, 2.05) is 0 Å². The molecule has 1 saturated heterocycles. The number of ether oxygens (including phenoxy) is 2. The van der Waals surface area contributed by atoms with Gasteiger partial charge in [-0.2, -0.15) is 0 Å². The van der Waals surface area contributed by atoms with E-state index in [0.717, 1.165) is 32.7 Å². The maximum Gasteiger partial charge on any atom is 0.0764 e. The summed E-state index contributed by atoms with van der Waals surface area (Å²) in [5, 5.41) is 0. The third kappa shape index (κ3) is 4.87. The molecule has 20 heavy (non-hydrogen) atoms. The van der Waals surface area contributed by atoms with E-state index in [1.165, 1.54) is 12.0 Å². The first-order chi connectivity index (χ1) is 9.34. The van der Waals surface area contributed by atoms with E-state index in [-0.39, 0.29) is 0 Å². The molecule has 0 spiro atoms. The zero-order chi connectivity index (χ0) is 14.8. The van der Waals surface area contributed by atoms with E-state index in [0.29, 0.717) is 23.7 Å². The van der Waals surface area contributed by atoms with E-state index >= 15 is 0 Å². The third-order valence-corrected chi connectivity index (χ3v) is 4.22. The second-order valence-corrected chi connectivity index (χ2v) is 7.48. The van der Waals surface area contributed by atoms with Crippen LogP contribution in [0.1, 0.15) is 47.5 Å². The molecular weight excluding hydrogens is 250 g/mol. The summed E-state index contributed by atoms with van der Waals surface area (Å²) in [4.78, 5) is 2.46. The van der Waals surface area contributed by atoms with Gasteiger partial charge in [0.15, 0.2) is 0 Å². The second kappa shape index (κ2) is 6.59. The largest absolute Gasteiger partial charge is 0.373 e. The second-order valence-electron chi connectivity index (χ2n) is 7.48. The summed E-state index contributed by atoms with van der Waals surface area (Å²) in [6, 6.07) is 0. The van der Waals surface area contributed by atoms with Crippen molar-refractivity contribution in [3.63, 3.8) is 0 Å². The summed E-state index contributed by atoms with van der Waals surface area (Å²) >= 11 is 0. The highest BCUT2D eigenvalue weighted by molar-refractivity contribution is 5.10. The van der Waals surface area contributed by atoms with Gasteiger partial charge in [0, 0.05) is 19.6 Å². The SMILES string of the molecule is CC1=CC(OCCN2CC(C)OC(C)C2)CC(C)(C)C1. The van der Waals surface area contributed by atoms with Crippen LogP contribution in [0.4, 0.5) is 0 Å². The molecule has 3 nitrogen and oxygen atoms in total. The Morgan fingerprint density at radius 2 is 1.95 bits per heavy atom. The number of nitrogens with zero attached hydrogens (tertiary/aromatic N) is 1. The van der Waals surface area contributed by atoms with Crippen LogP contribution in [0.2, 0.25) is 0 Å². The predicted octanol–water partition coefficient (Wildman–Crippen LogP) is 3.25. The third-order valence-electron chi connectivity index (χ3n) is 4.22. The molecular formula is C17H31NO2. The molecule has 0 aromatic rings. The maximum absolute atomic E-state index is 6.10. The monoisotopic (exact) mass is 281 g/mol. The zero-order valence-electron chi connectivity index (χ0n) is 13.8. The standard InChI is InChI=1S/C17H31NO2/c1-13-8-16(10-17(4,5)9-13)19-7-6-18-11-14(2)20-15(3)12-18/h8,14-16H,6-7,9-12H2,1-5H3. The van der Waals surface area contributed by atoms with Crippen LogP contribution < -0.4 is 0 Å². The molecule has 1 aliphatic heterocycles. The molecule has 1 heterocycles. The van der Waals surface area contributed by atoms with Crippen LogP contribution in [-0.4, -0.2) is 49.5 Å². The molecule has 2 aliphatic rings. The Morgan fingerprint density at radius 1 is 1.30 bits per heavy atom. The lowest BCUT2D eigenvalue weighted by Gasteiger charge is -2.36. The molecule has 116 valence electrons. The first-order valence-electron chi connectivity index (χ1n) is 8.01. The first kappa shape index (κ1) is 16.0. The quantitative estimate of drug-likeness (QED) is 0.738. The van der Waals surface area contributed by atoms with E-state index in [2.05, 4.69) is 45.6 Å². The van der Waals surface area contributed by atoms with Crippen molar-refractivity contribution in [2.24, 2.45) is 5.41 Å². The number of allylic oxidation sites excluding steroid dienone is 1. The molecule has 1 aliphatic carbocycles. The highest BCUT2D eigenvalue weighted by Crippen LogP contribution is 2.36. The molecule has 1 fully saturated rings. The van der Waals surface area contributed by atoms with E-state index in [1.54, 1.807) is 0 Å². The molecule has 0 aromatic carbocycles. The summed E-state index contributed by atoms with van der Waals surface area (Å²) < 4.78 is 11.9. The Morgan fingerprint density at radius 3 is 2.55 bits per heavy atom. The van der Waals surface area contributed by atoms with Crippen LogP contribution >= 0.6 is 0 Å². The Kier molecular flexibility index (Phi) is 5.27. The molecule has 0 bridgehead atoms. The minimum Gasteiger partial charge on any atom is -0.373 e. The van der Waals surface area contributed by atoms with Crippen molar-refractivity contribution >= 4 is 0 Å². The first-order valence-corrected chi connectivity index (χ1v) is 8.01. The summed E-state index contributed by atoms with van der Waals surface area (Å²) in [5.74, 6) is 0. The lowest BCUT2D eigenvalue weighted by Crippen LogP contribution is -2.46. The molecule has 3 heteroatoms. The number of hydrogen-bond donors (Lipinski definition) is 0. The average Bonchev–Trinajstić information content (AvgIpc) is 2.24. The summed E-state index contributed by atoms with van der Waals surface area (Å²) in [5.41, 5.74) is 1.85. The van der Waals surface area contributed by atoms with Gasteiger partial charge in [-0.3, -0.25) is 4.90 Å². The van der Waals surface area contributed by atoms with Crippen molar-refractivity contribution < 1.29 is 9.47 Å². The van der Waals surface area contributed by atoms with Gasteiger partial charge in [-0.25, -0.2) is 0 Å². The van der Waals surface area contributed by atoms with Crippen LogP contribution in [0, 0.1) is 5.41 Å². The Bertz CT molecular complexity index is 341. The average molecular weight is 281 g/mol. The smallest absolute Gasteiger partial charge is 0.0764 e. The van der Waals surface area contributed by atoms with Gasteiger partial charge < -0.3 is 9.47 Å². The summed E-state index contributed by atoms with van der Waals surface area (Å²) in [6.45, 7) is 15.1. The fraction of sp³-hybridized carbons (Fsp3) is 0.882. The minimum atomic E-state index is 0.301. The van der Waals surface area contributed by atoms with Crippen molar-refractivity contribution in [3.8, 4) is 0 Å². The van der Waals surface area contributed by atoms with Gasteiger partial charge in [-0.1, -0.05) is 25.5 Å². The Balaban J connectivity index is 1.74. The van der Waals surface area contributed by atoms with Crippen LogP contribution in [0.15, 0.2) is 11.6 Å². The Labute approximate surface area is 124 Å². The number of rotatable bonds is 4. The fourth-order valence-corrected chi connectivity index (χ4v) is 3.71. The van der Waals surface area contributed by atoms with Gasteiger partial charge >= 0.3 is 0 Å². The van der Waals surface area contributed by atoms with Gasteiger partial charge in [0.25, 0.3) is 0 Å². The summed E-state index contributed by atoms with van der Waals surface area (Å²) in [6.07, 6.45) is 5.64. The molecule has 3 atom stereocenters. The normalized spacial score (nSPS) is 34.9. The summed E-state index contributed by atoms with van der Waals surface area (Å²) in [7, 11) is 0. The van der Waals surface area contributed by atoms with Crippen molar-refractivity contribution in [1.29, 1.82) is 0 Å². The van der Waals surface area contributed by atoms with Gasteiger partial charge in [-0.05, 0) is 39.0 Å². The lowest BCUT2D eigenvalue weighted by atomic mass is 9.76. The molecule has 0 aromatic heterocycles. The number of morpholine rings is 1. The number of hydrogen-bond acceptors (Lipinski definition) is 3. The van der Waals surface area contributed by atoms with E-state index in [4.69, 9.17) is 9.47 Å². The molecule has 0 radical (unpaired) electrons. The van der Waals surface area contributed by atoms with E-state index < -0.39 is 0 Å². The van der Waals surface area contributed by atoms with Crippen LogP contribution in [-0.2, 0) is 9.47 Å². The fourth-order valence-electron chi connectivity index (χ4n) is 3.71.